The van der Waals surface area contributed by atoms with Gasteiger partial charge in [-0.2, -0.15) is 0 Å². The van der Waals surface area contributed by atoms with Crippen molar-refractivity contribution in [3.63, 3.8) is 0 Å². The maximum atomic E-state index is 11.2. The first kappa shape index (κ1) is 20.0. The van der Waals surface area contributed by atoms with Gasteiger partial charge in [-0.1, -0.05) is 51.1 Å². The molecule has 0 radical (unpaired) electrons. The lowest BCUT2D eigenvalue weighted by Crippen LogP contribution is -2.19. The van der Waals surface area contributed by atoms with Crippen LogP contribution in [0.25, 0.3) is 11.3 Å². The highest BCUT2D eigenvalue weighted by Crippen LogP contribution is 2.29. The summed E-state index contributed by atoms with van der Waals surface area (Å²) < 4.78 is 2.20. The topological polar surface area (TPSA) is 60.4 Å². The number of nitro benzene ring substituents is 1. The third-order valence-corrected chi connectivity index (χ3v) is 5.74. The second-order valence-electron chi connectivity index (χ2n) is 7.16. The molecular weight excluding hydrogens is 370 g/mol. The Morgan fingerprint density at radius 2 is 1.89 bits per heavy atom. The lowest BCUT2D eigenvalue weighted by atomic mass is 10.0. The summed E-state index contributed by atoms with van der Waals surface area (Å²) in [6, 6.07) is 15.2. The number of nitro groups is 1. The number of thiazole rings is 1. The zero-order chi connectivity index (χ0) is 20.3. The van der Waals surface area contributed by atoms with E-state index in [4.69, 9.17) is 4.99 Å². The first-order chi connectivity index (χ1) is 13.4. The number of aromatic nitrogens is 1. The molecule has 0 aliphatic heterocycles. The number of nitrogens with zero attached hydrogens (tertiary/aromatic N) is 3. The van der Waals surface area contributed by atoms with Gasteiger partial charge in [0.2, 0.25) is 0 Å². The number of hydrogen-bond donors (Lipinski definition) is 0. The zero-order valence-electron chi connectivity index (χ0n) is 16.6. The second-order valence-corrected chi connectivity index (χ2v) is 8.00. The molecular formula is C22H25N3O2S. The Morgan fingerprint density at radius 1 is 1.14 bits per heavy atom. The predicted molar refractivity (Wildman–Crippen MR) is 115 cm³/mol. The summed E-state index contributed by atoms with van der Waals surface area (Å²) in [6.07, 6.45) is 0.942. The van der Waals surface area contributed by atoms with E-state index in [2.05, 4.69) is 38.3 Å². The molecule has 6 heteroatoms. The molecule has 1 heterocycles. The Labute approximate surface area is 169 Å². The van der Waals surface area contributed by atoms with Gasteiger partial charge in [0.05, 0.1) is 16.3 Å². The van der Waals surface area contributed by atoms with E-state index in [9.17, 15) is 10.1 Å². The maximum absolute atomic E-state index is 11.2. The Bertz CT molecular complexity index is 1050. The van der Waals surface area contributed by atoms with Gasteiger partial charge >= 0.3 is 0 Å². The SMILES string of the molecule is CCC(C)n1c(-c2cccc([N+](=O)[O-])c2)csc1=Nc1ccccc1C(C)C. The third kappa shape index (κ3) is 4.07. The number of hydrogen-bond acceptors (Lipinski definition) is 4. The zero-order valence-corrected chi connectivity index (χ0v) is 17.4. The molecule has 0 fully saturated rings. The second kappa shape index (κ2) is 8.52. The van der Waals surface area contributed by atoms with Crippen LogP contribution in [0.3, 0.4) is 0 Å². The fourth-order valence-electron chi connectivity index (χ4n) is 3.18. The first-order valence-electron chi connectivity index (χ1n) is 9.50. The summed E-state index contributed by atoms with van der Waals surface area (Å²) >= 11 is 1.57. The Kier molecular flexibility index (Phi) is 6.09. The molecule has 1 aromatic heterocycles. The van der Waals surface area contributed by atoms with Crippen LogP contribution in [0.1, 0.15) is 51.6 Å². The van der Waals surface area contributed by atoms with Gasteiger partial charge in [0.25, 0.3) is 5.69 Å². The van der Waals surface area contributed by atoms with Crippen molar-refractivity contribution in [1.82, 2.24) is 4.57 Å². The highest BCUT2D eigenvalue weighted by molar-refractivity contribution is 7.07. The number of para-hydroxylation sites is 1. The summed E-state index contributed by atoms with van der Waals surface area (Å²) in [7, 11) is 0. The largest absolute Gasteiger partial charge is 0.314 e. The van der Waals surface area contributed by atoms with Gasteiger partial charge < -0.3 is 4.57 Å². The number of non-ortho nitro benzene ring substituents is 1. The average Bonchev–Trinajstić information content (AvgIpc) is 3.11. The van der Waals surface area contributed by atoms with Crippen LogP contribution < -0.4 is 4.80 Å². The number of rotatable bonds is 6. The molecule has 5 nitrogen and oxygen atoms in total. The molecule has 1 unspecified atom stereocenters. The van der Waals surface area contributed by atoms with Crippen LogP contribution in [0.15, 0.2) is 58.9 Å². The molecule has 0 aliphatic carbocycles. The van der Waals surface area contributed by atoms with E-state index in [0.717, 1.165) is 28.2 Å². The fraction of sp³-hybridized carbons (Fsp3) is 0.318. The lowest BCUT2D eigenvalue weighted by molar-refractivity contribution is -0.384. The van der Waals surface area contributed by atoms with Crippen LogP contribution in [0.4, 0.5) is 11.4 Å². The van der Waals surface area contributed by atoms with Crippen molar-refractivity contribution in [3.8, 4) is 11.3 Å². The van der Waals surface area contributed by atoms with E-state index in [1.54, 1.807) is 23.5 Å². The number of benzene rings is 2. The van der Waals surface area contributed by atoms with E-state index < -0.39 is 0 Å². The van der Waals surface area contributed by atoms with Crippen molar-refractivity contribution in [2.45, 2.75) is 46.1 Å². The molecule has 146 valence electrons. The molecule has 0 spiro atoms. The van der Waals surface area contributed by atoms with Crippen LogP contribution in [0.5, 0.6) is 0 Å². The molecule has 2 aromatic carbocycles. The minimum atomic E-state index is -0.354. The highest BCUT2D eigenvalue weighted by atomic mass is 32.1. The minimum absolute atomic E-state index is 0.100. The smallest absolute Gasteiger partial charge is 0.270 e. The molecule has 1 atom stereocenters. The normalized spacial score (nSPS) is 13.1. The van der Waals surface area contributed by atoms with Crippen LogP contribution in [-0.4, -0.2) is 9.49 Å². The van der Waals surface area contributed by atoms with Crippen LogP contribution >= 0.6 is 11.3 Å². The van der Waals surface area contributed by atoms with Gasteiger partial charge in [-0.25, -0.2) is 4.99 Å². The average molecular weight is 396 g/mol. The fourth-order valence-corrected chi connectivity index (χ4v) is 4.19. The molecule has 0 bridgehead atoms. The van der Waals surface area contributed by atoms with Crippen molar-refractivity contribution >= 4 is 22.7 Å². The molecule has 0 amide bonds. The molecule has 28 heavy (non-hydrogen) atoms. The van der Waals surface area contributed by atoms with Crippen molar-refractivity contribution in [2.24, 2.45) is 4.99 Å². The van der Waals surface area contributed by atoms with Crippen molar-refractivity contribution in [2.75, 3.05) is 0 Å². The summed E-state index contributed by atoms with van der Waals surface area (Å²) in [5, 5.41) is 13.2. The van der Waals surface area contributed by atoms with Crippen molar-refractivity contribution in [3.05, 3.63) is 74.4 Å². The maximum Gasteiger partial charge on any atom is 0.270 e. The molecule has 0 N–H and O–H groups in total. The quantitative estimate of drug-likeness (QED) is 0.355. The van der Waals surface area contributed by atoms with E-state index >= 15 is 0 Å². The van der Waals surface area contributed by atoms with E-state index in [0.29, 0.717) is 5.92 Å². The Hall–Kier alpha value is -2.73. The predicted octanol–water partition coefficient (Wildman–Crippen LogP) is 6.45. The standard InChI is InChI=1S/C22H25N3O2S/c1-5-16(4)24-21(17-9-8-10-18(13-17)25(26)27)14-28-22(24)23-20-12-7-6-11-19(20)15(2)3/h6-16H,5H2,1-4H3. The van der Waals surface area contributed by atoms with Gasteiger partial charge in [0.1, 0.15) is 0 Å². The van der Waals surface area contributed by atoms with Gasteiger partial charge in [-0.3, -0.25) is 10.1 Å². The summed E-state index contributed by atoms with van der Waals surface area (Å²) in [4.78, 5) is 16.7. The van der Waals surface area contributed by atoms with Crippen LogP contribution in [0.2, 0.25) is 0 Å². The monoisotopic (exact) mass is 395 g/mol. The van der Waals surface area contributed by atoms with Gasteiger partial charge in [-0.05, 0) is 30.9 Å². The molecule has 0 saturated heterocycles. The Balaban J connectivity index is 2.20. The minimum Gasteiger partial charge on any atom is -0.314 e. The van der Waals surface area contributed by atoms with E-state index in [1.165, 1.54) is 11.6 Å². The van der Waals surface area contributed by atoms with Gasteiger partial charge in [0.15, 0.2) is 4.80 Å². The van der Waals surface area contributed by atoms with Crippen LogP contribution in [-0.2, 0) is 0 Å². The molecule has 3 rings (SSSR count). The first-order valence-corrected chi connectivity index (χ1v) is 10.4. The lowest BCUT2D eigenvalue weighted by Gasteiger charge is -2.16. The van der Waals surface area contributed by atoms with Crippen molar-refractivity contribution in [1.29, 1.82) is 0 Å². The summed E-state index contributed by atoms with van der Waals surface area (Å²) in [5.74, 6) is 0.383. The summed E-state index contributed by atoms with van der Waals surface area (Å²) in [6.45, 7) is 8.62. The van der Waals surface area contributed by atoms with Gasteiger partial charge in [-0.15, -0.1) is 11.3 Å². The Morgan fingerprint density at radius 3 is 2.57 bits per heavy atom. The van der Waals surface area contributed by atoms with E-state index in [-0.39, 0.29) is 16.7 Å². The van der Waals surface area contributed by atoms with Gasteiger partial charge in [0, 0.05) is 29.1 Å². The van der Waals surface area contributed by atoms with Crippen LogP contribution in [0, 0.1) is 10.1 Å². The van der Waals surface area contributed by atoms with E-state index in [1.807, 2.05) is 29.6 Å². The summed E-state index contributed by atoms with van der Waals surface area (Å²) in [5.41, 5.74) is 4.08. The highest BCUT2D eigenvalue weighted by Gasteiger charge is 2.16. The third-order valence-electron chi connectivity index (χ3n) is 4.90. The molecule has 0 aliphatic rings. The molecule has 0 saturated carbocycles. The van der Waals surface area contributed by atoms with Crippen molar-refractivity contribution < 1.29 is 4.92 Å². The molecule has 3 aromatic rings.